The average molecular weight is 287 g/mol. The summed E-state index contributed by atoms with van der Waals surface area (Å²) in [5.41, 5.74) is 2.16. The molecule has 2 fully saturated rings. The van der Waals surface area contributed by atoms with Crippen LogP contribution in [-0.4, -0.2) is 25.7 Å². The van der Waals surface area contributed by atoms with E-state index in [1.807, 2.05) is 0 Å². The van der Waals surface area contributed by atoms with E-state index >= 15 is 0 Å². The summed E-state index contributed by atoms with van der Waals surface area (Å²) < 4.78 is 5.26. The molecular formula is C18H25NO2. The van der Waals surface area contributed by atoms with Gasteiger partial charge in [-0.3, -0.25) is 4.79 Å². The number of benzene rings is 1. The molecule has 1 saturated carbocycles. The van der Waals surface area contributed by atoms with E-state index in [0.29, 0.717) is 6.54 Å². The summed E-state index contributed by atoms with van der Waals surface area (Å²) in [6, 6.07) is 8.41. The van der Waals surface area contributed by atoms with Gasteiger partial charge in [0.25, 0.3) is 0 Å². The topological polar surface area (TPSA) is 38.3 Å². The molecule has 1 aliphatic heterocycles. The fourth-order valence-corrected chi connectivity index (χ4v) is 3.47. The Hall–Kier alpha value is -1.35. The number of ether oxygens (including phenoxy) is 1. The van der Waals surface area contributed by atoms with E-state index in [1.165, 1.54) is 5.56 Å². The van der Waals surface area contributed by atoms with Gasteiger partial charge in [0.05, 0.1) is 18.6 Å². The molecule has 0 spiro atoms. The highest BCUT2D eigenvalue weighted by molar-refractivity contribution is 5.93. The van der Waals surface area contributed by atoms with Crippen LogP contribution in [-0.2, 0) is 14.9 Å². The van der Waals surface area contributed by atoms with Crippen LogP contribution in [0.25, 0.3) is 0 Å². The summed E-state index contributed by atoms with van der Waals surface area (Å²) >= 11 is 0. The highest BCUT2D eigenvalue weighted by Gasteiger charge is 2.67. The van der Waals surface area contributed by atoms with Crippen LogP contribution in [0.15, 0.2) is 24.3 Å². The number of aryl methyl sites for hydroxylation is 1. The third-order valence-corrected chi connectivity index (χ3v) is 5.25. The molecule has 1 heterocycles. The maximum atomic E-state index is 12.9. The predicted octanol–water partition coefficient (Wildman–Crippen LogP) is 2.82. The minimum Gasteiger partial charge on any atom is -0.380 e. The van der Waals surface area contributed by atoms with Crippen LogP contribution in [0.1, 0.15) is 38.3 Å². The lowest BCUT2D eigenvalue weighted by Crippen LogP contribution is -2.50. The fourth-order valence-electron chi connectivity index (χ4n) is 3.47. The van der Waals surface area contributed by atoms with Crippen molar-refractivity contribution in [2.75, 3.05) is 19.8 Å². The normalized spacial score (nSPS) is 28.6. The van der Waals surface area contributed by atoms with Gasteiger partial charge < -0.3 is 10.1 Å². The standard InChI is InChI=1S/C18H25NO2/c1-13-5-7-14(8-6-13)18(9-16(18,2)3)15(20)19-10-17(4)11-21-12-17/h5-8H,9-12H2,1-4H3,(H,19,20)/t18-/m0/s1. The molecule has 1 atom stereocenters. The van der Waals surface area contributed by atoms with Crippen LogP contribution >= 0.6 is 0 Å². The van der Waals surface area contributed by atoms with Gasteiger partial charge in [-0.15, -0.1) is 0 Å². The van der Waals surface area contributed by atoms with Gasteiger partial charge >= 0.3 is 0 Å². The van der Waals surface area contributed by atoms with Crippen molar-refractivity contribution in [2.24, 2.45) is 10.8 Å². The summed E-state index contributed by atoms with van der Waals surface area (Å²) in [5, 5.41) is 3.18. The first-order valence-electron chi connectivity index (χ1n) is 7.72. The summed E-state index contributed by atoms with van der Waals surface area (Å²) in [5.74, 6) is 0.171. The molecule has 21 heavy (non-hydrogen) atoms. The second-order valence-corrected chi connectivity index (χ2v) is 7.82. The Bertz CT molecular complexity index is 557. The van der Waals surface area contributed by atoms with Crippen LogP contribution in [0.3, 0.4) is 0 Å². The molecule has 3 heteroatoms. The third kappa shape index (κ3) is 2.28. The van der Waals surface area contributed by atoms with Gasteiger partial charge in [-0.2, -0.15) is 0 Å². The molecule has 1 aliphatic carbocycles. The van der Waals surface area contributed by atoms with Crippen molar-refractivity contribution in [3.8, 4) is 0 Å². The molecule has 3 rings (SSSR count). The number of hydrogen-bond acceptors (Lipinski definition) is 2. The van der Waals surface area contributed by atoms with Crippen molar-refractivity contribution in [1.82, 2.24) is 5.32 Å². The van der Waals surface area contributed by atoms with Gasteiger partial charge in [-0.1, -0.05) is 50.6 Å². The molecule has 2 aliphatic rings. The Morgan fingerprint density at radius 2 is 1.76 bits per heavy atom. The fraction of sp³-hybridized carbons (Fsp3) is 0.611. The van der Waals surface area contributed by atoms with Gasteiger partial charge in [0.2, 0.25) is 5.91 Å². The Balaban J connectivity index is 1.78. The molecule has 0 unspecified atom stereocenters. The molecule has 3 nitrogen and oxygen atoms in total. The predicted molar refractivity (Wildman–Crippen MR) is 83.2 cm³/mol. The van der Waals surface area contributed by atoms with E-state index in [1.54, 1.807) is 0 Å². The average Bonchev–Trinajstić information content (AvgIpc) is 2.99. The third-order valence-electron chi connectivity index (χ3n) is 5.25. The minimum atomic E-state index is -0.359. The van der Waals surface area contributed by atoms with Crippen molar-refractivity contribution in [2.45, 2.75) is 39.5 Å². The number of hydrogen-bond donors (Lipinski definition) is 1. The number of carbonyl (C=O) groups excluding carboxylic acids is 1. The Morgan fingerprint density at radius 3 is 2.19 bits per heavy atom. The van der Waals surface area contributed by atoms with E-state index < -0.39 is 0 Å². The molecule has 1 aromatic rings. The van der Waals surface area contributed by atoms with Crippen molar-refractivity contribution in [3.05, 3.63) is 35.4 Å². The lowest BCUT2D eigenvalue weighted by Gasteiger charge is -2.38. The first-order chi connectivity index (χ1) is 9.79. The largest absolute Gasteiger partial charge is 0.380 e. The van der Waals surface area contributed by atoms with Crippen LogP contribution in [0.5, 0.6) is 0 Å². The van der Waals surface area contributed by atoms with Crippen molar-refractivity contribution in [1.29, 1.82) is 0 Å². The molecule has 0 aromatic heterocycles. The first kappa shape index (κ1) is 14.6. The van der Waals surface area contributed by atoms with Gasteiger partial charge in [0.15, 0.2) is 0 Å². The summed E-state index contributed by atoms with van der Waals surface area (Å²) in [7, 11) is 0. The zero-order chi connectivity index (χ0) is 15.3. The number of amides is 1. The lowest BCUT2D eigenvalue weighted by atomic mass is 9.85. The molecular weight excluding hydrogens is 262 g/mol. The van der Waals surface area contributed by atoms with Crippen LogP contribution in [0.2, 0.25) is 0 Å². The van der Waals surface area contributed by atoms with Crippen molar-refractivity contribution >= 4 is 5.91 Å². The van der Waals surface area contributed by atoms with Crippen LogP contribution in [0, 0.1) is 17.8 Å². The second kappa shape index (κ2) is 4.57. The van der Waals surface area contributed by atoms with Gasteiger partial charge in [-0.05, 0) is 24.3 Å². The number of carbonyl (C=O) groups is 1. The zero-order valence-corrected chi connectivity index (χ0v) is 13.5. The van der Waals surface area contributed by atoms with Crippen molar-refractivity contribution in [3.63, 3.8) is 0 Å². The molecule has 0 radical (unpaired) electrons. The highest BCUT2D eigenvalue weighted by atomic mass is 16.5. The maximum Gasteiger partial charge on any atom is 0.231 e. The first-order valence-corrected chi connectivity index (χ1v) is 7.72. The Labute approximate surface area is 127 Å². The lowest BCUT2D eigenvalue weighted by molar-refractivity contribution is -0.129. The smallest absolute Gasteiger partial charge is 0.231 e. The molecule has 1 aromatic carbocycles. The quantitative estimate of drug-likeness (QED) is 0.925. The highest BCUT2D eigenvalue weighted by Crippen LogP contribution is 2.64. The van der Waals surface area contributed by atoms with E-state index in [0.717, 1.165) is 25.2 Å². The molecule has 0 bridgehead atoms. The van der Waals surface area contributed by atoms with Gasteiger partial charge in [0.1, 0.15) is 0 Å². The molecule has 1 N–H and O–H groups in total. The zero-order valence-electron chi connectivity index (χ0n) is 13.5. The minimum absolute atomic E-state index is 0.0311. The van der Waals surface area contributed by atoms with Gasteiger partial charge in [0, 0.05) is 12.0 Å². The number of nitrogens with one attached hydrogen (secondary N) is 1. The SMILES string of the molecule is Cc1ccc([C@]2(C(=O)NCC3(C)COC3)CC2(C)C)cc1. The molecule has 1 amide bonds. The maximum absolute atomic E-state index is 12.9. The molecule has 114 valence electrons. The van der Waals surface area contributed by atoms with Crippen LogP contribution in [0.4, 0.5) is 0 Å². The van der Waals surface area contributed by atoms with E-state index in [2.05, 4.69) is 57.3 Å². The van der Waals surface area contributed by atoms with Gasteiger partial charge in [-0.25, -0.2) is 0 Å². The summed E-state index contributed by atoms with van der Waals surface area (Å²) in [4.78, 5) is 12.9. The van der Waals surface area contributed by atoms with E-state index in [9.17, 15) is 4.79 Å². The summed E-state index contributed by atoms with van der Waals surface area (Å²) in [6.45, 7) is 10.8. The summed E-state index contributed by atoms with van der Waals surface area (Å²) in [6.07, 6.45) is 0.919. The van der Waals surface area contributed by atoms with E-state index in [4.69, 9.17) is 4.74 Å². The Morgan fingerprint density at radius 1 is 1.19 bits per heavy atom. The van der Waals surface area contributed by atoms with Crippen molar-refractivity contribution < 1.29 is 9.53 Å². The monoisotopic (exact) mass is 287 g/mol. The molecule has 1 saturated heterocycles. The van der Waals surface area contributed by atoms with E-state index in [-0.39, 0.29) is 22.2 Å². The second-order valence-electron chi connectivity index (χ2n) is 7.82. The Kier molecular flexibility index (Phi) is 3.17. The van der Waals surface area contributed by atoms with Crippen LogP contribution < -0.4 is 5.32 Å². The number of rotatable bonds is 4.